The Morgan fingerprint density at radius 1 is 1.45 bits per heavy atom. The lowest BCUT2D eigenvalue weighted by atomic mass is 10.1. The fourth-order valence-corrected chi connectivity index (χ4v) is 2.29. The van der Waals surface area contributed by atoms with E-state index in [0.717, 1.165) is 17.7 Å². The van der Waals surface area contributed by atoms with Gasteiger partial charge in [0.2, 0.25) is 0 Å². The van der Waals surface area contributed by atoms with Crippen molar-refractivity contribution in [1.29, 1.82) is 0 Å². The Bertz CT molecular complexity index is 512. The van der Waals surface area contributed by atoms with Crippen LogP contribution in [0.5, 0.6) is 0 Å². The fraction of sp³-hybridized carbons (Fsp3) is 0.467. The Labute approximate surface area is 118 Å². The lowest BCUT2D eigenvalue weighted by Crippen LogP contribution is -2.35. The molecule has 0 unspecified atom stereocenters. The molecule has 2 rings (SSSR count). The highest BCUT2D eigenvalue weighted by Gasteiger charge is 2.24. The summed E-state index contributed by atoms with van der Waals surface area (Å²) in [5, 5.41) is 12.5. The molecule has 0 bridgehead atoms. The van der Waals surface area contributed by atoms with Crippen molar-refractivity contribution < 1.29 is 14.7 Å². The third-order valence-corrected chi connectivity index (χ3v) is 3.26. The van der Waals surface area contributed by atoms with E-state index in [1.807, 2.05) is 38.1 Å². The minimum absolute atomic E-state index is 0.0238. The second kappa shape index (κ2) is 6.52. The van der Waals surface area contributed by atoms with E-state index >= 15 is 0 Å². The smallest absolute Gasteiger partial charge is 0.253 e. The molecule has 108 valence electrons. The Hall–Kier alpha value is -1.88. The van der Waals surface area contributed by atoms with Gasteiger partial charge in [-0.05, 0) is 32.8 Å². The Balaban J connectivity index is 2.28. The summed E-state index contributed by atoms with van der Waals surface area (Å²) < 4.78 is 5.40. The van der Waals surface area contributed by atoms with Crippen LogP contribution in [0.25, 0.3) is 0 Å². The topological polar surface area (TPSA) is 62.1 Å². The van der Waals surface area contributed by atoms with Crippen molar-refractivity contribution in [2.45, 2.75) is 32.8 Å². The van der Waals surface area contributed by atoms with Crippen LogP contribution in [-0.2, 0) is 9.53 Å². The van der Waals surface area contributed by atoms with Crippen LogP contribution >= 0.6 is 0 Å². The summed E-state index contributed by atoms with van der Waals surface area (Å²) in [7, 11) is 0. The summed E-state index contributed by atoms with van der Waals surface area (Å²) in [5.41, 5.74) is 2.22. The number of carbonyl (C=O) groups is 1. The van der Waals surface area contributed by atoms with Gasteiger partial charge >= 0.3 is 0 Å². The summed E-state index contributed by atoms with van der Waals surface area (Å²) in [6.07, 6.45) is 1.44. The first kappa shape index (κ1) is 14.5. The maximum absolute atomic E-state index is 12.3. The maximum Gasteiger partial charge on any atom is 0.253 e. The number of para-hydroxylation sites is 1. The molecule has 0 saturated heterocycles. The van der Waals surface area contributed by atoms with Gasteiger partial charge in [-0.25, -0.2) is 0 Å². The number of rotatable bonds is 3. The van der Waals surface area contributed by atoms with Gasteiger partial charge in [0.15, 0.2) is 0 Å². The zero-order valence-corrected chi connectivity index (χ0v) is 11.9. The first-order valence-electron chi connectivity index (χ1n) is 6.85. The van der Waals surface area contributed by atoms with Gasteiger partial charge in [-0.1, -0.05) is 23.4 Å². The van der Waals surface area contributed by atoms with Gasteiger partial charge < -0.3 is 14.8 Å². The molecule has 1 aromatic rings. The largest absolute Gasteiger partial charge is 0.411 e. The first-order valence-corrected chi connectivity index (χ1v) is 6.85. The van der Waals surface area contributed by atoms with E-state index in [1.54, 1.807) is 4.90 Å². The van der Waals surface area contributed by atoms with Gasteiger partial charge in [-0.2, -0.15) is 0 Å². The monoisotopic (exact) mass is 276 g/mol. The van der Waals surface area contributed by atoms with Gasteiger partial charge in [0.05, 0.1) is 17.5 Å². The van der Waals surface area contributed by atoms with Gasteiger partial charge in [0.25, 0.3) is 5.91 Å². The number of amides is 1. The Morgan fingerprint density at radius 3 is 2.90 bits per heavy atom. The van der Waals surface area contributed by atoms with Gasteiger partial charge in [0, 0.05) is 12.1 Å². The number of nitrogens with zero attached hydrogens (tertiary/aromatic N) is 2. The highest BCUT2D eigenvalue weighted by Crippen LogP contribution is 2.26. The molecular weight excluding hydrogens is 256 g/mol. The van der Waals surface area contributed by atoms with E-state index in [-0.39, 0.29) is 18.6 Å². The molecule has 0 spiro atoms. The number of oxime groups is 1. The second-order valence-corrected chi connectivity index (χ2v) is 5.07. The summed E-state index contributed by atoms with van der Waals surface area (Å²) >= 11 is 0. The zero-order valence-electron chi connectivity index (χ0n) is 11.9. The summed E-state index contributed by atoms with van der Waals surface area (Å²) in [6, 6.07) is 7.50. The number of fused-ring (bicyclic) bond motifs is 1. The van der Waals surface area contributed by atoms with E-state index in [4.69, 9.17) is 9.94 Å². The molecule has 0 saturated carbocycles. The molecule has 1 aromatic carbocycles. The molecular formula is C15H20N2O3. The Kier molecular flexibility index (Phi) is 4.74. The summed E-state index contributed by atoms with van der Waals surface area (Å²) in [4.78, 5) is 14.0. The van der Waals surface area contributed by atoms with E-state index in [1.165, 1.54) is 0 Å². The van der Waals surface area contributed by atoms with Gasteiger partial charge in [-0.3, -0.25) is 4.79 Å². The van der Waals surface area contributed by atoms with E-state index < -0.39 is 0 Å². The molecule has 0 fully saturated rings. The maximum atomic E-state index is 12.3. The molecule has 5 heteroatoms. The summed E-state index contributed by atoms with van der Waals surface area (Å²) in [6.45, 7) is 4.48. The average Bonchev–Trinajstić information content (AvgIpc) is 2.64. The molecule has 0 aliphatic carbocycles. The van der Waals surface area contributed by atoms with E-state index in [9.17, 15) is 4.79 Å². The number of ether oxygens (including phenoxy) is 1. The van der Waals surface area contributed by atoms with Crippen molar-refractivity contribution in [3.63, 3.8) is 0 Å². The van der Waals surface area contributed by atoms with Crippen LogP contribution in [0.15, 0.2) is 29.4 Å². The Morgan fingerprint density at radius 2 is 2.20 bits per heavy atom. The number of anilines is 1. The highest BCUT2D eigenvalue weighted by atomic mass is 16.5. The van der Waals surface area contributed by atoms with Crippen LogP contribution in [0, 0.1) is 0 Å². The number of hydrogen-bond donors (Lipinski definition) is 1. The van der Waals surface area contributed by atoms with Crippen molar-refractivity contribution in [1.82, 2.24) is 0 Å². The lowest BCUT2D eigenvalue weighted by Gasteiger charge is -2.23. The molecule has 0 atom stereocenters. The third kappa shape index (κ3) is 3.17. The minimum atomic E-state index is -0.0645. The number of hydrogen-bond acceptors (Lipinski definition) is 4. The van der Waals surface area contributed by atoms with Crippen molar-refractivity contribution in [3.8, 4) is 0 Å². The molecule has 1 aliphatic rings. The average molecular weight is 276 g/mol. The van der Waals surface area contributed by atoms with Crippen LogP contribution in [0.3, 0.4) is 0 Å². The molecule has 0 radical (unpaired) electrons. The SMILES string of the molecule is CC(C)OCC(=O)N1CCC/C(=N/O)c2ccccc21. The van der Waals surface area contributed by atoms with Crippen molar-refractivity contribution in [2.75, 3.05) is 18.1 Å². The van der Waals surface area contributed by atoms with Crippen LogP contribution in [0.1, 0.15) is 32.3 Å². The fourth-order valence-electron chi connectivity index (χ4n) is 2.29. The van der Waals surface area contributed by atoms with Crippen molar-refractivity contribution >= 4 is 17.3 Å². The summed E-state index contributed by atoms with van der Waals surface area (Å²) in [5.74, 6) is -0.0645. The van der Waals surface area contributed by atoms with Crippen molar-refractivity contribution in [3.05, 3.63) is 29.8 Å². The molecule has 1 amide bonds. The van der Waals surface area contributed by atoms with Crippen molar-refractivity contribution in [2.24, 2.45) is 5.16 Å². The predicted octanol–water partition coefficient (Wildman–Crippen LogP) is 2.42. The van der Waals surface area contributed by atoms with Crippen LogP contribution in [-0.4, -0.2) is 36.1 Å². The third-order valence-electron chi connectivity index (χ3n) is 3.26. The van der Waals surface area contributed by atoms with Crippen LogP contribution < -0.4 is 4.90 Å². The number of carbonyl (C=O) groups excluding carboxylic acids is 1. The normalized spacial score (nSPS) is 17.1. The van der Waals surface area contributed by atoms with Gasteiger partial charge in [-0.15, -0.1) is 0 Å². The predicted molar refractivity (Wildman–Crippen MR) is 77.4 cm³/mol. The molecule has 0 aromatic heterocycles. The quantitative estimate of drug-likeness (QED) is 0.681. The minimum Gasteiger partial charge on any atom is -0.411 e. The van der Waals surface area contributed by atoms with E-state index in [0.29, 0.717) is 18.7 Å². The molecule has 1 heterocycles. The van der Waals surface area contributed by atoms with Crippen LogP contribution in [0.4, 0.5) is 5.69 Å². The molecule has 1 aliphatic heterocycles. The lowest BCUT2D eigenvalue weighted by molar-refractivity contribution is -0.124. The zero-order chi connectivity index (χ0) is 14.5. The van der Waals surface area contributed by atoms with Gasteiger partial charge in [0.1, 0.15) is 6.61 Å². The van der Waals surface area contributed by atoms with Crippen LogP contribution in [0.2, 0.25) is 0 Å². The highest BCUT2D eigenvalue weighted by molar-refractivity contribution is 6.09. The van der Waals surface area contributed by atoms with E-state index in [2.05, 4.69) is 5.16 Å². The standard InChI is InChI=1S/C15H20N2O3/c1-11(2)20-10-15(18)17-9-5-7-13(16-19)12-6-3-4-8-14(12)17/h3-4,6,8,11,19H,5,7,9-10H2,1-2H3/b16-13-. The molecule has 20 heavy (non-hydrogen) atoms. The first-order chi connectivity index (χ1) is 9.63. The molecule has 5 nitrogen and oxygen atoms in total. The number of benzene rings is 1. The second-order valence-electron chi connectivity index (χ2n) is 5.07. The molecule has 1 N–H and O–H groups in total.